The van der Waals surface area contributed by atoms with Gasteiger partial charge >= 0.3 is 0 Å². The molecule has 1 aliphatic rings. The van der Waals surface area contributed by atoms with E-state index < -0.39 is 0 Å². The number of fused-ring (bicyclic) bond motifs is 1. The normalized spacial score (nSPS) is 18.2. The number of rotatable bonds is 2. The second-order valence-corrected chi connectivity index (χ2v) is 6.99. The Morgan fingerprint density at radius 2 is 2.05 bits per heavy atom. The first-order valence-corrected chi connectivity index (χ1v) is 7.52. The molecule has 1 aromatic heterocycles. The molecule has 1 heterocycles. The smallest absolute Gasteiger partial charge is 0.0824 e. The molecule has 0 spiro atoms. The van der Waals surface area contributed by atoms with Crippen LogP contribution in [0.1, 0.15) is 44.4 Å². The number of hydrogen-bond acceptors (Lipinski definition) is 2. The molecule has 21 heavy (non-hydrogen) atoms. The number of hydrogen-bond donors (Lipinski definition) is 3. The van der Waals surface area contributed by atoms with Gasteiger partial charge in [0.05, 0.1) is 11.4 Å². The van der Waals surface area contributed by atoms with Gasteiger partial charge in [-0.25, -0.2) is 0 Å². The molecular weight excluding hydrogens is 258 g/mol. The van der Waals surface area contributed by atoms with Crippen molar-refractivity contribution in [3.05, 3.63) is 46.8 Å². The molecule has 0 atom stereocenters. The van der Waals surface area contributed by atoms with Crippen molar-refractivity contribution < 1.29 is 0 Å². The van der Waals surface area contributed by atoms with Gasteiger partial charge in [0.1, 0.15) is 0 Å². The number of H-pyrrole nitrogens is 1. The zero-order valence-corrected chi connectivity index (χ0v) is 13.0. The topological polar surface area (TPSA) is 65.7 Å². The quantitative estimate of drug-likeness (QED) is 0.707. The average Bonchev–Trinajstić information content (AvgIpc) is 2.80. The Morgan fingerprint density at radius 1 is 1.29 bits per heavy atom. The van der Waals surface area contributed by atoms with Crippen molar-refractivity contribution in [2.24, 2.45) is 11.1 Å². The zero-order valence-electron chi connectivity index (χ0n) is 13.0. The summed E-state index contributed by atoms with van der Waals surface area (Å²) in [5.41, 5.74) is 12.1. The molecule has 0 saturated heterocycles. The van der Waals surface area contributed by atoms with Crippen LogP contribution >= 0.6 is 0 Å². The fraction of sp³-hybridized carbons (Fsp3) is 0.389. The third-order valence-corrected chi connectivity index (χ3v) is 4.46. The molecule has 0 radical (unpaired) electrons. The molecule has 0 aliphatic heterocycles. The van der Waals surface area contributed by atoms with Gasteiger partial charge < -0.3 is 10.7 Å². The summed E-state index contributed by atoms with van der Waals surface area (Å²) in [4.78, 5) is 3.36. The zero-order chi connectivity index (χ0) is 15.2. The average molecular weight is 281 g/mol. The Balaban J connectivity index is 1.97. The predicted octanol–water partition coefficient (Wildman–Crippen LogP) is 4.27. The number of benzene rings is 1. The predicted molar refractivity (Wildman–Crippen MR) is 88.7 cm³/mol. The maximum atomic E-state index is 8.50. The highest BCUT2D eigenvalue weighted by molar-refractivity contribution is 6.12. The second kappa shape index (κ2) is 4.76. The first-order valence-electron chi connectivity index (χ1n) is 7.52. The lowest BCUT2D eigenvalue weighted by atomic mass is 9.75. The van der Waals surface area contributed by atoms with Crippen molar-refractivity contribution in [3.8, 4) is 0 Å². The fourth-order valence-corrected chi connectivity index (χ4v) is 3.16. The van der Waals surface area contributed by atoms with Crippen molar-refractivity contribution in [2.75, 3.05) is 0 Å². The van der Waals surface area contributed by atoms with Gasteiger partial charge in [-0.1, -0.05) is 26.0 Å². The van der Waals surface area contributed by atoms with Crippen LogP contribution in [-0.4, -0.2) is 10.7 Å². The number of aromatic nitrogens is 1. The van der Waals surface area contributed by atoms with Crippen LogP contribution in [0.15, 0.2) is 35.5 Å². The van der Waals surface area contributed by atoms with Crippen molar-refractivity contribution in [3.63, 3.8) is 0 Å². The summed E-state index contributed by atoms with van der Waals surface area (Å²) in [6, 6.07) is 8.37. The first kappa shape index (κ1) is 13.9. The summed E-state index contributed by atoms with van der Waals surface area (Å²) in [5.74, 6) is 0. The van der Waals surface area contributed by atoms with E-state index in [2.05, 4.69) is 50.0 Å². The summed E-state index contributed by atoms with van der Waals surface area (Å²) in [6.45, 7) is 6.56. The highest BCUT2D eigenvalue weighted by Gasteiger charge is 2.28. The molecule has 1 aliphatic carbocycles. The standard InChI is InChI=1S/C18H23N3/c1-11-4-5-12-9-16(21-15(12)8-11)17(20)13-6-7-18(2,3)10-14(13)19/h4-5,8-9,20-21H,6-7,10,19H2,1-3H3. The van der Waals surface area contributed by atoms with E-state index in [-0.39, 0.29) is 5.41 Å². The van der Waals surface area contributed by atoms with E-state index in [9.17, 15) is 0 Å². The lowest BCUT2D eigenvalue weighted by molar-refractivity contribution is 0.315. The molecule has 0 saturated carbocycles. The van der Waals surface area contributed by atoms with Crippen LogP contribution in [0.2, 0.25) is 0 Å². The van der Waals surface area contributed by atoms with Crippen molar-refractivity contribution in [1.82, 2.24) is 4.98 Å². The summed E-state index contributed by atoms with van der Waals surface area (Å²) < 4.78 is 0. The Labute approximate surface area is 125 Å². The minimum Gasteiger partial charge on any atom is -0.402 e. The third kappa shape index (κ3) is 2.60. The van der Waals surface area contributed by atoms with Crippen LogP contribution in [0.5, 0.6) is 0 Å². The maximum absolute atomic E-state index is 8.50. The molecule has 110 valence electrons. The van der Waals surface area contributed by atoms with Gasteiger partial charge in [-0.15, -0.1) is 0 Å². The molecule has 2 aromatic rings. The molecule has 0 unspecified atom stereocenters. The monoisotopic (exact) mass is 281 g/mol. The highest BCUT2D eigenvalue weighted by atomic mass is 14.7. The van der Waals surface area contributed by atoms with E-state index >= 15 is 0 Å². The van der Waals surface area contributed by atoms with Crippen LogP contribution in [0.4, 0.5) is 0 Å². The molecule has 0 fully saturated rings. The van der Waals surface area contributed by atoms with Crippen LogP contribution < -0.4 is 5.73 Å². The van der Waals surface area contributed by atoms with Gasteiger partial charge in [-0.3, -0.25) is 5.41 Å². The molecule has 0 bridgehead atoms. The highest BCUT2D eigenvalue weighted by Crippen LogP contribution is 2.37. The van der Waals surface area contributed by atoms with Crippen molar-refractivity contribution >= 4 is 16.6 Å². The Morgan fingerprint density at radius 3 is 2.76 bits per heavy atom. The van der Waals surface area contributed by atoms with Gasteiger partial charge in [0.2, 0.25) is 0 Å². The van der Waals surface area contributed by atoms with Crippen LogP contribution in [-0.2, 0) is 0 Å². The number of allylic oxidation sites excluding steroid dienone is 2. The first-order chi connectivity index (χ1) is 9.85. The second-order valence-electron chi connectivity index (χ2n) is 6.99. The van der Waals surface area contributed by atoms with Crippen LogP contribution in [0, 0.1) is 17.7 Å². The summed E-state index contributed by atoms with van der Waals surface area (Å²) in [7, 11) is 0. The van der Waals surface area contributed by atoms with Gasteiger partial charge in [0.15, 0.2) is 0 Å². The van der Waals surface area contributed by atoms with E-state index in [1.165, 1.54) is 5.56 Å². The van der Waals surface area contributed by atoms with Gasteiger partial charge in [-0.2, -0.15) is 0 Å². The van der Waals surface area contributed by atoms with Crippen molar-refractivity contribution in [2.45, 2.75) is 40.0 Å². The summed E-state index contributed by atoms with van der Waals surface area (Å²) in [5, 5.41) is 9.65. The van der Waals surface area contributed by atoms with E-state index in [1.807, 2.05) is 0 Å². The minimum atomic E-state index is 0.255. The van der Waals surface area contributed by atoms with Crippen LogP contribution in [0.3, 0.4) is 0 Å². The molecular formula is C18H23N3. The lowest BCUT2D eigenvalue weighted by Crippen LogP contribution is -2.25. The SMILES string of the molecule is Cc1ccc2cc(C(=N)C3=C(N)CC(C)(C)CC3)[nH]c2c1. The number of aryl methyl sites for hydroxylation is 1. The summed E-state index contributed by atoms with van der Waals surface area (Å²) in [6.07, 6.45) is 2.86. The number of aromatic amines is 1. The summed E-state index contributed by atoms with van der Waals surface area (Å²) >= 11 is 0. The number of nitrogens with two attached hydrogens (primary N) is 1. The van der Waals surface area contributed by atoms with E-state index in [4.69, 9.17) is 11.1 Å². The number of nitrogens with one attached hydrogen (secondary N) is 2. The van der Waals surface area contributed by atoms with Gasteiger partial charge in [-0.05, 0) is 54.9 Å². The third-order valence-electron chi connectivity index (χ3n) is 4.46. The minimum absolute atomic E-state index is 0.255. The van der Waals surface area contributed by atoms with E-state index in [0.29, 0.717) is 5.71 Å². The van der Waals surface area contributed by atoms with E-state index in [0.717, 1.165) is 47.1 Å². The molecule has 0 amide bonds. The largest absolute Gasteiger partial charge is 0.402 e. The molecule has 3 heteroatoms. The lowest BCUT2D eigenvalue weighted by Gasteiger charge is -2.31. The van der Waals surface area contributed by atoms with Crippen molar-refractivity contribution in [1.29, 1.82) is 5.41 Å². The van der Waals surface area contributed by atoms with Crippen LogP contribution in [0.25, 0.3) is 10.9 Å². The Kier molecular flexibility index (Phi) is 3.16. The van der Waals surface area contributed by atoms with Gasteiger partial charge in [0.25, 0.3) is 0 Å². The Bertz CT molecular complexity index is 747. The maximum Gasteiger partial charge on any atom is 0.0824 e. The van der Waals surface area contributed by atoms with Gasteiger partial charge in [0, 0.05) is 16.6 Å². The Hall–Kier alpha value is -2.03. The molecule has 3 rings (SSSR count). The molecule has 4 N–H and O–H groups in total. The fourth-order valence-electron chi connectivity index (χ4n) is 3.16. The molecule has 3 nitrogen and oxygen atoms in total. The molecule has 1 aromatic carbocycles. The van der Waals surface area contributed by atoms with E-state index in [1.54, 1.807) is 0 Å².